The van der Waals surface area contributed by atoms with Gasteiger partial charge in [0.25, 0.3) is 5.91 Å². The Balaban J connectivity index is 1.41. The smallest absolute Gasteiger partial charge is 0.251 e. The highest BCUT2D eigenvalue weighted by atomic mass is 35.5. The molecule has 0 saturated carbocycles. The molecular formula is C23H21ClN2O4S. The minimum atomic E-state index is -3.90. The molecule has 1 amide bonds. The van der Waals surface area contributed by atoms with Crippen LogP contribution in [0.25, 0.3) is 0 Å². The van der Waals surface area contributed by atoms with Gasteiger partial charge in [-0.25, -0.2) is 13.1 Å². The molecule has 31 heavy (non-hydrogen) atoms. The molecule has 0 bridgehead atoms. The van der Waals surface area contributed by atoms with Gasteiger partial charge in [-0.05, 0) is 35.4 Å². The number of carbonyl (C=O) groups excluding carboxylic acids is 1. The van der Waals surface area contributed by atoms with Gasteiger partial charge in [0.1, 0.15) is 16.7 Å². The largest absolute Gasteiger partial charge is 0.488 e. The van der Waals surface area contributed by atoms with E-state index in [1.54, 1.807) is 0 Å². The fourth-order valence-electron chi connectivity index (χ4n) is 3.38. The van der Waals surface area contributed by atoms with E-state index < -0.39 is 15.9 Å². The van der Waals surface area contributed by atoms with Crippen molar-refractivity contribution in [2.75, 3.05) is 6.54 Å². The molecule has 0 fully saturated rings. The number of benzene rings is 3. The second-order valence-electron chi connectivity index (χ2n) is 7.22. The zero-order chi connectivity index (χ0) is 21.8. The van der Waals surface area contributed by atoms with Gasteiger partial charge in [-0.1, -0.05) is 60.1 Å². The summed E-state index contributed by atoms with van der Waals surface area (Å²) in [5.41, 5.74) is 2.12. The van der Waals surface area contributed by atoms with Gasteiger partial charge in [-0.3, -0.25) is 4.79 Å². The summed E-state index contributed by atoms with van der Waals surface area (Å²) in [6.45, 7) is 0.431. The van der Waals surface area contributed by atoms with E-state index in [-0.39, 0.29) is 28.1 Å². The minimum Gasteiger partial charge on any atom is -0.488 e. The second-order valence-corrected chi connectivity index (χ2v) is 9.36. The van der Waals surface area contributed by atoms with Crippen molar-refractivity contribution in [3.8, 4) is 5.75 Å². The van der Waals surface area contributed by atoms with Crippen molar-refractivity contribution in [2.45, 2.75) is 24.0 Å². The first-order chi connectivity index (χ1) is 14.9. The van der Waals surface area contributed by atoms with E-state index in [1.807, 2.05) is 54.6 Å². The molecule has 1 heterocycles. The number of hydrogen-bond acceptors (Lipinski definition) is 4. The number of hydrogen-bond donors (Lipinski definition) is 2. The fraction of sp³-hybridized carbons (Fsp3) is 0.174. The van der Waals surface area contributed by atoms with Gasteiger partial charge in [0, 0.05) is 18.5 Å². The Labute approximate surface area is 186 Å². The molecule has 6 nitrogen and oxygen atoms in total. The van der Waals surface area contributed by atoms with Crippen LogP contribution < -0.4 is 14.8 Å². The van der Waals surface area contributed by atoms with E-state index in [9.17, 15) is 13.2 Å². The number of halogens is 1. The Morgan fingerprint density at radius 3 is 2.55 bits per heavy atom. The summed E-state index contributed by atoms with van der Waals surface area (Å²) < 4.78 is 33.8. The molecule has 160 valence electrons. The van der Waals surface area contributed by atoms with Crippen LogP contribution in [0.1, 0.15) is 21.5 Å². The predicted octanol–water partition coefficient (Wildman–Crippen LogP) is 3.55. The first kappa shape index (κ1) is 21.4. The lowest BCUT2D eigenvalue weighted by atomic mass is 10.1. The first-order valence-corrected chi connectivity index (χ1v) is 11.6. The molecule has 0 aliphatic carbocycles. The predicted molar refractivity (Wildman–Crippen MR) is 119 cm³/mol. The number of amides is 1. The van der Waals surface area contributed by atoms with Gasteiger partial charge in [0.05, 0.1) is 11.6 Å². The molecule has 0 aromatic heterocycles. The van der Waals surface area contributed by atoms with Gasteiger partial charge in [-0.15, -0.1) is 0 Å². The lowest BCUT2D eigenvalue weighted by Crippen LogP contribution is -2.34. The maximum absolute atomic E-state index is 12.7. The number of nitrogens with one attached hydrogen (secondary N) is 2. The Kier molecular flexibility index (Phi) is 6.27. The average molecular weight is 457 g/mol. The summed E-state index contributed by atoms with van der Waals surface area (Å²) in [7, 11) is -3.90. The molecule has 8 heteroatoms. The molecule has 2 N–H and O–H groups in total. The normalized spacial score (nSPS) is 15.2. The Morgan fingerprint density at radius 2 is 1.77 bits per heavy atom. The molecule has 1 aliphatic rings. The van der Waals surface area contributed by atoms with E-state index in [2.05, 4.69) is 10.0 Å². The van der Waals surface area contributed by atoms with Crippen LogP contribution in [0.5, 0.6) is 5.75 Å². The van der Waals surface area contributed by atoms with Gasteiger partial charge < -0.3 is 10.1 Å². The number of carbonyl (C=O) groups is 1. The van der Waals surface area contributed by atoms with Gasteiger partial charge in [0.2, 0.25) is 10.0 Å². The number of sulfonamides is 1. The third-order valence-electron chi connectivity index (χ3n) is 5.00. The quantitative estimate of drug-likeness (QED) is 0.569. The zero-order valence-corrected chi connectivity index (χ0v) is 18.1. The van der Waals surface area contributed by atoms with Gasteiger partial charge >= 0.3 is 0 Å². The van der Waals surface area contributed by atoms with Crippen molar-refractivity contribution < 1.29 is 17.9 Å². The highest BCUT2D eigenvalue weighted by Gasteiger charge is 2.24. The monoisotopic (exact) mass is 456 g/mol. The number of para-hydroxylation sites is 1. The highest BCUT2D eigenvalue weighted by Crippen LogP contribution is 2.28. The van der Waals surface area contributed by atoms with Crippen LogP contribution in [0, 0.1) is 0 Å². The van der Waals surface area contributed by atoms with Crippen molar-refractivity contribution in [2.24, 2.45) is 0 Å². The van der Waals surface area contributed by atoms with Crippen molar-refractivity contribution >= 4 is 27.5 Å². The Morgan fingerprint density at radius 1 is 1.03 bits per heavy atom. The van der Waals surface area contributed by atoms with Crippen LogP contribution in [0.3, 0.4) is 0 Å². The summed E-state index contributed by atoms with van der Waals surface area (Å²) in [5.74, 6) is 0.432. The van der Waals surface area contributed by atoms with Crippen LogP contribution >= 0.6 is 11.6 Å². The SMILES string of the molecule is O=C(NCC1Cc2ccccc2O1)c1ccc(Cl)c(S(=O)(=O)NCc2ccccc2)c1. The number of fused-ring (bicyclic) bond motifs is 1. The summed E-state index contributed by atoms with van der Waals surface area (Å²) in [4.78, 5) is 12.5. The summed E-state index contributed by atoms with van der Waals surface area (Å²) in [6.07, 6.45) is 0.546. The van der Waals surface area contributed by atoms with E-state index >= 15 is 0 Å². The van der Waals surface area contributed by atoms with E-state index in [0.29, 0.717) is 13.0 Å². The molecule has 1 aliphatic heterocycles. The minimum absolute atomic E-state index is 0.0479. The van der Waals surface area contributed by atoms with Crippen molar-refractivity contribution in [3.63, 3.8) is 0 Å². The van der Waals surface area contributed by atoms with E-state index in [4.69, 9.17) is 16.3 Å². The number of ether oxygens (including phenoxy) is 1. The molecule has 1 unspecified atom stereocenters. The summed E-state index contributed by atoms with van der Waals surface area (Å²) in [5, 5.41) is 2.86. The molecule has 0 spiro atoms. The molecule has 4 rings (SSSR count). The molecule has 3 aromatic carbocycles. The summed E-state index contributed by atoms with van der Waals surface area (Å²) in [6, 6.07) is 21.1. The molecule has 1 atom stereocenters. The van der Waals surface area contributed by atoms with Gasteiger partial charge in [-0.2, -0.15) is 0 Å². The fourth-order valence-corrected chi connectivity index (χ4v) is 4.92. The standard InChI is InChI=1S/C23H21ClN2O4S/c24-20-11-10-18(13-22(20)31(28,29)26-14-16-6-2-1-3-7-16)23(27)25-15-19-12-17-8-4-5-9-21(17)30-19/h1-11,13,19,26H,12,14-15H2,(H,25,27). The third kappa shape index (κ3) is 5.07. The number of rotatable bonds is 7. The van der Waals surface area contributed by atoms with Crippen LogP contribution in [0.2, 0.25) is 5.02 Å². The average Bonchev–Trinajstić information content (AvgIpc) is 3.20. The topological polar surface area (TPSA) is 84.5 Å². The molecule has 0 saturated heterocycles. The third-order valence-corrected chi connectivity index (χ3v) is 6.88. The maximum atomic E-state index is 12.7. The van der Waals surface area contributed by atoms with Crippen LogP contribution in [0.15, 0.2) is 77.7 Å². The van der Waals surface area contributed by atoms with Crippen molar-refractivity contribution in [1.82, 2.24) is 10.0 Å². The summed E-state index contributed by atoms with van der Waals surface area (Å²) >= 11 is 6.13. The van der Waals surface area contributed by atoms with Crippen LogP contribution in [-0.4, -0.2) is 27.0 Å². The lowest BCUT2D eigenvalue weighted by Gasteiger charge is -2.13. The molecule has 0 radical (unpaired) electrons. The lowest BCUT2D eigenvalue weighted by molar-refractivity contribution is 0.0933. The van der Waals surface area contributed by atoms with E-state index in [1.165, 1.54) is 18.2 Å². The molecular weight excluding hydrogens is 436 g/mol. The van der Waals surface area contributed by atoms with Crippen molar-refractivity contribution in [3.05, 3.63) is 94.5 Å². The zero-order valence-electron chi connectivity index (χ0n) is 16.5. The maximum Gasteiger partial charge on any atom is 0.251 e. The Bertz CT molecular complexity index is 1170. The van der Waals surface area contributed by atoms with E-state index in [0.717, 1.165) is 16.9 Å². The van der Waals surface area contributed by atoms with Crippen LogP contribution in [-0.2, 0) is 23.0 Å². The highest BCUT2D eigenvalue weighted by molar-refractivity contribution is 7.89. The Hall–Kier alpha value is -2.87. The van der Waals surface area contributed by atoms with Gasteiger partial charge in [0.15, 0.2) is 0 Å². The first-order valence-electron chi connectivity index (χ1n) is 9.78. The molecule has 3 aromatic rings. The van der Waals surface area contributed by atoms with Crippen molar-refractivity contribution in [1.29, 1.82) is 0 Å². The van der Waals surface area contributed by atoms with Crippen LogP contribution in [0.4, 0.5) is 0 Å². The second kappa shape index (κ2) is 9.09.